The molecule has 2 atom stereocenters. The average Bonchev–Trinajstić information content (AvgIpc) is 2.43. The molecule has 2 unspecified atom stereocenters. The van der Waals surface area contributed by atoms with Gasteiger partial charge >= 0.3 is 0 Å². The SMILES string of the molecule is CC(=O)C1=CC=CC2C(=O)c3cccc(O)c3C(=O)C12. The number of carbonyl (C=O) groups excluding carboxylic acids is 3. The molecular weight excluding hydrogens is 256 g/mol. The highest BCUT2D eigenvalue weighted by molar-refractivity contribution is 6.21. The van der Waals surface area contributed by atoms with Crippen molar-refractivity contribution in [2.45, 2.75) is 6.92 Å². The number of rotatable bonds is 1. The van der Waals surface area contributed by atoms with Crippen molar-refractivity contribution in [1.29, 1.82) is 0 Å². The Morgan fingerprint density at radius 1 is 1.20 bits per heavy atom. The number of benzene rings is 1. The number of phenols is 1. The summed E-state index contributed by atoms with van der Waals surface area (Å²) in [5.74, 6) is -2.51. The molecule has 2 aliphatic carbocycles. The number of Topliss-reactive ketones (excluding diaryl/α,β-unsaturated/α-hetero) is 3. The van der Waals surface area contributed by atoms with Crippen LogP contribution in [0.15, 0.2) is 42.0 Å². The van der Waals surface area contributed by atoms with Crippen molar-refractivity contribution in [3.05, 3.63) is 53.1 Å². The fraction of sp³-hybridized carbons (Fsp3) is 0.188. The van der Waals surface area contributed by atoms with Crippen LogP contribution >= 0.6 is 0 Å². The highest BCUT2D eigenvalue weighted by Crippen LogP contribution is 2.40. The molecule has 4 heteroatoms. The first-order valence-corrected chi connectivity index (χ1v) is 6.32. The van der Waals surface area contributed by atoms with Gasteiger partial charge in [0.25, 0.3) is 0 Å². The van der Waals surface area contributed by atoms with Crippen LogP contribution < -0.4 is 0 Å². The minimum Gasteiger partial charge on any atom is -0.507 e. The molecule has 0 spiro atoms. The molecule has 0 radical (unpaired) electrons. The second-order valence-corrected chi connectivity index (χ2v) is 4.99. The van der Waals surface area contributed by atoms with E-state index < -0.39 is 11.8 Å². The monoisotopic (exact) mass is 268 g/mol. The van der Waals surface area contributed by atoms with Gasteiger partial charge in [0.15, 0.2) is 17.3 Å². The van der Waals surface area contributed by atoms with E-state index in [9.17, 15) is 19.5 Å². The zero-order chi connectivity index (χ0) is 14.4. The van der Waals surface area contributed by atoms with Crippen LogP contribution in [-0.4, -0.2) is 22.5 Å². The van der Waals surface area contributed by atoms with Crippen molar-refractivity contribution >= 4 is 17.3 Å². The summed E-state index contributed by atoms with van der Waals surface area (Å²) in [6.07, 6.45) is 4.85. The first-order valence-electron chi connectivity index (χ1n) is 6.32. The predicted octanol–water partition coefficient (Wildman–Crippen LogP) is 2.09. The summed E-state index contributed by atoms with van der Waals surface area (Å²) in [6, 6.07) is 4.44. The molecule has 1 aromatic rings. The maximum absolute atomic E-state index is 12.6. The Morgan fingerprint density at radius 2 is 1.95 bits per heavy atom. The third kappa shape index (κ3) is 1.58. The van der Waals surface area contributed by atoms with E-state index in [1.165, 1.54) is 25.1 Å². The molecule has 1 aromatic carbocycles. The Hall–Kier alpha value is -2.49. The van der Waals surface area contributed by atoms with Crippen LogP contribution in [-0.2, 0) is 4.79 Å². The van der Waals surface area contributed by atoms with Crippen LogP contribution in [0.25, 0.3) is 0 Å². The molecule has 0 saturated carbocycles. The number of aromatic hydroxyl groups is 1. The van der Waals surface area contributed by atoms with E-state index in [0.29, 0.717) is 5.57 Å². The minimum absolute atomic E-state index is 0.0289. The lowest BCUT2D eigenvalue weighted by Crippen LogP contribution is -2.39. The molecule has 4 nitrogen and oxygen atoms in total. The fourth-order valence-corrected chi connectivity index (χ4v) is 2.91. The van der Waals surface area contributed by atoms with E-state index in [1.54, 1.807) is 18.2 Å². The summed E-state index contributed by atoms with van der Waals surface area (Å²) in [7, 11) is 0. The van der Waals surface area contributed by atoms with Crippen LogP contribution in [0.4, 0.5) is 0 Å². The Kier molecular flexibility index (Phi) is 2.67. The van der Waals surface area contributed by atoms with Gasteiger partial charge in [0.2, 0.25) is 0 Å². The van der Waals surface area contributed by atoms with Gasteiger partial charge in [-0.1, -0.05) is 30.4 Å². The first-order chi connectivity index (χ1) is 9.52. The number of carbonyl (C=O) groups is 3. The molecular formula is C16H12O4. The molecule has 3 rings (SSSR count). The predicted molar refractivity (Wildman–Crippen MR) is 71.7 cm³/mol. The number of ketones is 3. The molecule has 0 aliphatic heterocycles. The third-order valence-corrected chi connectivity index (χ3v) is 3.83. The second kappa shape index (κ2) is 4.27. The lowest BCUT2D eigenvalue weighted by Gasteiger charge is -2.31. The summed E-state index contributed by atoms with van der Waals surface area (Å²) in [5, 5.41) is 9.86. The van der Waals surface area contributed by atoms with Crippen molar-refractivity contribution in [1.82, 2.24) is 0 Å². The largest absolute Gasteiger partial charge is 0.507 e. The number of phenolic OH excluding ortho intramolecular Hbond substituents is 1. The van der Waals surface area contributed by atoms with E-state index >= 15 is 0 Å². The van der Waals surface area contributed by atoms with Gasteiger partial charge < -0.3 is 5.11 Å². The Morgan fingerprint density at radius 3 is 2.65 bits per heavy atom. The van der Waals surface area contributed by atoms with Crippen LogP contribution in [0.5, 0.6) is 5.75 Å². The third-order valence-electron chi connectivity index (χ3n) is 3.83. The van der Waals surface area contributed by atoms with Crippen molar-refractivity contribution in [3.63, 3.8) is 0 Å². The van der Waals surface area contributed by atoms with Crippen LogP contribution in [0, 0.1) is 11.8 Å². The normalized spacial score (nSPS) is 23.9. The molecule has 0 saturated heterocycles. The molecule has 100 valence electrons. The van der Waals surface area contributed by atoms with E-state index in [2.05, 4.69) is 0 Å². The van der Waals surface area contributed by atoms with E-state index in [-0.39, 0.29) is 34.2 Å². The standard InChI is InChI=1S/C16H12O4/c1-8(17)9-4-2-5-10-13(9)16(20)14-11(15(10)19)6-3-7-12(14)18/h2-7,10,13,18H,1H3. The molecule has 1 N–H and O–H groups in total. The molecule has 0 amide bonds. The molecule has 2 aliphatic rings. The molecule has 0 aromatic heterocycles. The smallest absolute Gasteiger partial charge is 0.175 e. The minimum atomic E-state index is -0.814. The quantitative estimate of drug-likeness (QED) is 0.846. The van der Waals surface area contributed by atoms with Crippen LogP contribution in [0.3, 0.4) is 0 Å². The van der Waals surface area contributed by atoms with Crippen molar-refractivity contribution < 1.29 is 19.5 Å². The van der Waals surface area contributed by atoms with Gasteiger partial charge in [0, 0.05) is 11.1 Å². The fourth-order valence-electron chi connectivity index (χ4n) is 2.91. The highest BCUT2D eigenvalue weighted by Gasteiger charge is 2.44. The van der Waals surface area contributed by atoms with Gasteiger partial charge in [-0.25, -0.2) is 0 Å². The number of hydrogen-bond donors (Lipinski definition) is 1. The van der Waals surface area contributed by atoms with Crippen molar-refractivity contribution in [2.24, 2.45) is 11.8 Å². The summed E-state index contributed by atoms with van der Waals surface area (Å²) in [6.45, 7) is 1.38. The van der Waals surface area contributed by atoms with Crippen LogP contribution in [0.2, 0.25) is 0 Å². The van der Waals surface area contributed by atoms with E-state index in [0.717, 1.165) is 0 Å². The number of hydrogen-bond acceptors (Lipinski definition) is 4. The molecule has 0 bridgehead atoms. The van der Waals surface area contributed by atoms with Gasteiger partial charge in [0.1, 0.15) is 5.75 Å². The van der Waals surface area contributed by atoms with Crippen molar-refractivity contribution in [2.75, 3.05) is 0 Å². The molecule has 0 fully saturated rings. The first kappa shape index (κ1) is 12.5. The van der Waals surface area contributed by atoms with Gasteiger partial charge in [-0.3, -0.25) is 14.4 Å². The van der Waals surface area contributed by atoms with Gasteiger partial charge in [-0.2, -0.15) is 0 Å². The summed E-state index contributed by atoms with van der Waals surface area (Å²) in [5.41, 5.74) is 0.580. The lowest BCUT2D eigenvalue weighted by molar-refractivity contribution is -0.114. The van der Waals surface area contributed by atoms with Gasteiger partial charge in [-0.05, 0) is 13.0 Å². The maximum Gasteiger partial charge on any atom is 0.175 e. The summed E-state index contributed by atoms with van der Waals surface area (Å²) in [4.78, 5) is 36.7. The highest BCUT2D eigenvalue weighted by atomic mass is 16.3. The number of allylic oxidation sites excluding steroid dienone is 4. The zero-order valence-electron chi connectivity index (χ0n) is 10.8. The van der Waals surface area contributed by atoms with E-state index in [1.807, 2.05) is 0 Å². The maximum atomic E-state index is 12.6. The molecule has 0 heterocycles. The van der Waals surface area contributed by atoms with E-state index in [4.69, 9.17) is 0 Å². The summed E-state index contributed by atoms with van der Waals surface area (Å²) < 4.78 is 0. The Bertz CT molecular complexity index is 709. The van der Waals surface area contributed by atoms with Crippen LogP contribution in [0.1, 0.15) is 27.6 Å². The zero-order valence-corrected chi connectivity index (χ0v) is 10.8. The Labute approximate surface area is 115 Å². The summed E-state index contributed by atoms with van der Waals surface area (Å²) >= 11 is 0. The van der Waals surface area contributed by atoms with Gasteiger partial charge in [-0.15, -0.1) is 0 Å². The number of fused-ring (bicyclic) bond motifs is 2. The second-order valence-electron chi connectivity index (χ2n) is 4.99. The average molecular weight is 268 g/mol. The van der Waals surface area contributed by atoms with Crippen molar-refractivity contribution in [3.8, 4) is 5.75 Å². The lowest BCUT2D eigenvalue weighted by atomic mass is 9.68. The Balaban J connectivity index is 2.23. The topological polar surface area (TPSA) is 71.4 Å². The molecule has 20 heavy (non-hydrogen) atoms. The van der Waals surface area contributed by atoms with Gasteiger partial charge in [0.05, 0.1) is 17.4 Å².